The minimum absolute atomic E-state index is 0.0203. The number of ether oxygens (including phenoxy) is 1. The molecule has 1 aliphatic carbocycles. The average molecular weight is 732 g/mol. The monoisotopic (exact) mass is 731 g/mol. The number of pyridine rings is 1. The van der Waals surface area contributed by atoms with Gasteiger partial charge < -0.3 is 36.2 Å². The van der Waals surface area contributed by atoms with Gasteiger partial charge in [-0.1, -0.05) is 102 Å². The smallest absolute Gasteiger partial charge is 0.258 e. The van der Waals surface area contributed by atoms with Crippen molar-refractivity contribution in [2.75, 3.05) is 13.2 Å². The van der Waals surface area contributed by atoms with Gasteiger partial charge in [0.2, 0.25) is 17.7 Å². The highest BCUT2D eigenvalue weighted by Gasteiger charge is 2.35. The average Bonchev–Trinajstić information content (AvgIpc) is 3.16. The minimum Gasteiger partial charge on any atom is -0.483 e. The van der Waals surface area contributed by atoms with Gasteiger partial charge in [0.1, 0.15) is 17.8 Å². The molecule has 12 heteroatoms. The molecule has 1 heterocycles. The molecule has 4 amide bonds. The molecular formula is C41H57N5O7. The zero-order valence-corrected chi connectivity index (χ0v) is 31.4. The Bertz CT molecular complexity index is 1620. The van der Waals surface area contributed by atoms with E-state index >= 15 is 0 Å². The first-order chi connectivity index (χ1) is 25.5. The molecule has 1 aromatic heterocycles. The van der Waals surface area contributed by atoms with E-state index in [2.05, 4.69) is 26.3 Å². The van der Waals surface area contributed by atoms with Crippen molar-refractivity contribution >= 4 is 34.4 Å². The summed E-state index contributed by atoms with van der Waals surface area (Å²) >= 11 is 0. The Kier molecular flexibility index (Phi) is 16.0. The van der Waals surface area contributed by atoms with Gasteiger partial charge in [0, 0.05) is 17.5 Å². The van der Waals surface area contributed by atoms with Crippen molar-refractivity contribution in [1.29, 1.82) is 0 Å². The fourth-order valence-electron chi connectivity index (χ4n) is 6.96. The summed E-state index contributed by atoms with van der Waals surface area (Å²) in [6.07, 6.45) is 6.32. The predicted molar refractivity (Wildman–Crippen MR) is 203 cm³/mol. The molecule has 1 fully saturated rings. The van der Waals surface area contributed by atoms with Crippen molar-refractivity contribution < 1.29 is 34.1 Å². The number of benzene rings is 2. The maximum Gasteiger partial charge on any atom is 0.258 e. The van der Waals surface area contributed by atoms with E-state index in [-0.39, 0.29) is 37.3 Å². The van der Waals surface area contributed by atoms with Crippen LogP contribution in [0.1, 0.15) is 78.3 Å². The van der Waals surface area contributed by atoms with E-state index in [1.54, 1.807) is 30.5 Å². The highest BCUT2D eigenvalue weighted by Crippen LogP contribution is 2.30. The van der Waals surface area contributed by atoms with Crippen LogP contribution in [0, 0.1) is 23.7 Å². The lowest BCUT2D eigenvalue weighted by Crippen LogP contribution is -2.56. The third-order valence-electron chi connectivity index (χ3n) is 10.1. The molecule has 53 heavy (non-hydrogen) atoms. The van der Waals surface area contributed by atoms with Gasteiger partial charge in [-0.3, -0.25) is 24.2 Å². The number of aliphatic hydroxyl groups is 2. The van der Waals surface area contributed by atoms with Gasteiger partial charge in [0.25, 0.3) is 5.91 Å². The van der Waals surface area contributed by atoms with Crippen molar-refractivity contribution in [3.05, 3.63) is 72.6 Å². The first-order valence-electron chi connectivity index (χ1n) is 18.9. The van der Waals surface area contributed by atoms with Crippen LogP contribution in [0.5, 0.6) is 5.75 Å². The summed E-state index contributed by atoms with van der Waals surface area (Å²) in [4.78, 5) is 57.6. The number of carbonyl (C=O) groups is 4. The molecule has 0 unspecified atom stereocenters. The van der Waals surface area contributed by atoms with Gasteiger partial charge in [-0.05, 0) is 54.2 Å². The summed E-state index contributed by atoms with van der Waals surface area (Å²) in [7, 11) is 0. The molecule has 0 aliphatic heterocycles. The summed E-state index contributed by atoms with van der Waals surface area (Å²) in [5.74, 6) is -2.26. The fraction of sp³-hybridized carbons (Fsp3) is 0.537. The number of fused-ring (bicyclic) bond motifs is 1. The van der Waals surface area contributed by atoms with E-state index < -0.39 is 60.4 Å². The van der Waals surface area contributed by atoms with Crippen molar-refractivity contribution in [2.45, 2.75) is 103 Å². The molecule has 5 atom stereocenters. The Morgan fingerprint density at radius 2 is 1.55 bits per heavy atom. The van der Waals surface area contributed by atoms with Crippen LogP contribution in [0.25, 0.3) is 10.8 Å². The number of carbonyl (C=O) groups excluding carboxylic acids is 4. The van der Waals surface area contributed by atoms with Crippen LogP contribution in [0.4, 0.5) is 0 Å². The molecule has 6 N–H and O–H groups in total. The maximum absolute atomic E-state index is 13.9. The fourth-order valence-corrected chi connectivity index (χ4v) is 6.96. The van der Waals surface area contributed by atoms with Crippen LogP contribution in [0.15, 0.2) is 66.9 Å². The molecule has 3 aromatic rings. The zero-order valence-electron chi connectivity index (χ0n) is 31.4. The second-order valence-corrected chi connectivity index (χ2v) is 14.8. The lowest BCUT2D eigenvalue weighted by Gasteiger charge is -2.34. The Balaban J connectivity index is 1.41. The van der Waals surface area contributed by atoms with Gasteiger partial charge >= 0.3 is 0 Å². The van der Waals surface area contributed by atoms with Gasteiger partial charge in [-0.15, -0.1) is 0 Å². The number of rotatable bonds is 19. The molecule has 288 valence electrons. The summed E-state index contributed by atoms with van der Waals surface area (Å²) in [6.45, 7) is 6.63. The highest BCUT2D eigenvalue weighted by atomic mass is 16.5. The number of hydrogen-bond acceptors (Lipinski definition) is 8. The number of aromatic nitrogens is 1. The second-order valence-electron chi connectivity index (χ2n) is 14.8. The number of hydrogen-bond donors (Lipinski definition) is 6. The topological polar surface area (TPSA) is 179 Å². The second kappa shape index (κ2) is 20.6. The standard InChI is InChI=1S/C41H57N5O7/c1-26(2)32(39(50)45-34(24-47)40(51)43-23-30-17-10-11-20-42-30)22-35(48)33(21-28-13-6-5-7-14-28)44-41(52)38(27(3)4)46-37(49)25-53-36-19-12-16-29-15-8-9-18-31(29)36/h8-12,15-20,26-28,32-35,38,47-48H,5-7,13-14,21-25H2,1-4H3,(H,43,51)(H,44,52)(H,45,50)(H,46,49)/t32-,33-,34-,35-,38-/m0/s1. The van der Waals surface area contributed by atoms with E-state index in [9.17, 15) is 29.4 Å². The largest absolute Gasteiger partial charge is 0.483 e. The summed E-state index contributed by atoms with van der Waals surface area (Å²) < 4.78 is 5.87. The third kappa shape index (κ3) is 12.5. The number of amides is 4. The van der Waals surface area contributed by atoms with Crippen molar-refractivity contribution in [3.63, 3.8) is 0 Å². The quantitative estimate of drug-likeness (QED) is 0.107. The summed E-state index contributed by atoms with van der Waals surface area (Å²) in [5, 5.41) is 34.8. The molecule has 2 aromatic carbocycles. The Morgan fingerprint density at radius 3 is 2.23 bits per heavy atom. The lowest BCUT2D eigenvalue weighted by atomic mass is 9.81. The molecule has 12 nitrogen and oxygen atoms in total. The van der Waals surface area contributed by atoms with Crippen molar-refractivity contribution in [1.82, 2.24) is 26.3 Å². The first-order valence-corrected chi connectivity index (χ1v) is 18.9. The van der Waals surface area contributed by atoms with Gasteiger partial charge in [0.15, 0.2) is 6.61 Å². The first kappa shape index (κ1) is 41.2. The van der Waals surface area contributed by atoms with E-state index in [0.29, 0.717) is 17.9 Å². The number of nitrogens with zero attached hydrogens (tertiary/aromatic N) is 1. The van der Waals surface area contributed by atoms with E-state index in [0.717, 1.165) is 42.9 Å². The van der Waals surface area contributed by atoms with Gasteiger partial charge in [-0.2, -0.15) is 0 Å². The van der Waals surface area contributed by atoms with Gasteiger partial charge in [-0.25, -0.2) is 0 Å². The van der Waals surface area contributed by atoms with E-state index in [1.165, 1.54) is 0 Å². The Morgan fingerprint density at radius 1 is 0.830 bits per heavy atom. The predicted octanol–water partition coefficient (Wildman–Crippen LogP) is 4.03. The maximum atomic E-state index is 13.9. The van der Waals surface area contributed by atoms with Gasteiger partial charge in [0.05, 0.1) is 31.0 Å². The van der Waals surface area contributed by atoms with Crippen molar-refractivity contribution in [2.24, 2.45) is 23.7 Å². The minimum atomic E-state index is -1.19. The van der Waals surface area contributed by atoms with Crippen LogP contribution >= 0.6 is 0 Å². The molecule has 1 saturated carbocycles. The molecule has 0 spiro atoms. The van der Waals surface area contributed by atoms with Crippen LogP contribution in [-0.2, 0) is 25.7 Å². The summed E-state index contributed by atoms with van der Waals surface area (Å²) in [5.41, 5.74) is 0.631. The Hall–Kier alpha value is -4.55. The highest BCUT2D eigenvalue weighted by molar-refractivity contribution is 5.91. The van der Waals surface area contributed by atoms with Crippen LogP contribution in [0.2, 0.25) is 0 Å². The SMILES string of the molecule is CC(C)[C@H](C[C@H](O)[C@H](CC1CCCCC1)NC(=O)[C@@H](NC(=O)COc1cccc2ccccc12)C(C)C)C(=O)N[C@@H](CO)C(=O)NCc1ccccn1. The zero-order chi connectivity index (χ0) is 38.3. The molecule has 4 rings (SSSR count). The summed E-state index contributed by atoms with van der Waals surface area (Å²) in [6, 6.07) is 15.9. The van der Waals surface area contributed by atoms with Crippen LogP contribution < -0.4 is 26.0 Å². The molecule has 1 aliphatic rings. The van der Waals surface area contributed by atoms with E-state index in [1.807, 2.05) is 64.1 Å². The van der Waals surface area contributed by atoms with Crippen LogP contribution in [0.3, 0.4) is 0 Å². The number of aliphatic hydroxyl groups excluding tert-OH is 2. The molecule has 0 radical (unpaired) electrons. The van der Waals surface area contributed by atoms with Crippen molar-refractivity contribution in [3.8, 4) is 5.75 Å². The van der Waals surface area contributed by atoms with E-state index in [4.69, 9.17) is 4.74 Å². The Labute approximate surface area is 312 Å². The normalized spacial score (nSPS) is 16.3. The van der Waals surface area contributed by atoms with Crippen LogP contribution in [-0.4, -0.2) is 76.3 Å². The number of nitrogens with one attached hydrogen (secondary N) is 4. The molecular weight excluding hydrogens is 674 g/mol. The molecule has 0 saturated heterocycles. The third-order valence-corrected chi connectivity index (χ3v) is 10.1. The lowest BCUT2D eigenvalue weighted by molar-refractivity contribution is -0.134. The molecule has 0 bridgehead atoms.